The normalized spacial score (nSPS) is 20.1. The van der Waals surface area contributed by atoms with Gasteiger partial charge in [0.05, 0.1) is 17.1 Å². The Labute approximate surface area is 192 Å². The second-order valence-electron chi connectivity index (χ2n) is 8.29. The Morgan fingerprint density at radius 1 is 1.19 bits per heavy atom. The molecular formula is C21H27Cl2N7O. The van der Waals surface area contributed by atoms with Crippen LogP contribution in [-0.4, -0.2) is 61.7 Å². The molecule has 0 aromatic carbocycles. The van der Waals surface area contributed by atoms with Crippen LogP contribution in [0, 0.1) is 5.92 Å². The van der Waals surface area contributed by atoms with Crippen molar-refractivity contribution in [3.63, 3.8) is 0 Å². The average Bonchev–Trinajstić information content (AvgIpc) is 3.52. The smallest absolute Gasteiger partial charge is 0.227 e. The molecule has 2 aliphatic rings. The highest BCUT2D eigenvalue weighted by molar-refractivity contribution is 6.30. The molecule has 5 heterocycles. The molecule has 5 rings (SSSR count). The Kier molecular flexibility index (Phi) is 6.39. The largest absolute Gasteiger partial charge is 0.356 e. The van der Waals surface area contributed by atoms with E-state index in [9.17, 15) is 4.79 Å². The number of H-pyrrole nitrogens is 1. The van der Waals surface area contributed by atoms with Gasteiger partial charge in [-0.05, 0) is 44.7 Å². The monoisotopic (exact) mass is 463 g/mol. The molecule has 10 heteroatoms. The molecule has 3 aromatic rings. The van der Waals surface area contributed by atoms with Crippen molar-refractivity contribution >= 4 is 46.9 Å². The summed E-state index contributed by atoms with van der Waals surface area (Å²) in [5.74, 6) is 2.06. The van der Waals surface area contributed by atoms with E-state index in [1.54, 1.807) is 17.1 Å². The molecule has 0 saturated carbocycles. The third-order valence-corrected chi connectivity index (χ3v) is 6.42. The number of pyridine rings is 1. The molecule has 2 saturated heterocycles. The second-order valence-corrected chi connectivity index (χ2v) is 8.73. The molecule has 31 heavy (non-hydrogen) atoms. The number of fused-ring (bicyclic) bond motifs is 1. The van der Waals surface area contributed by atoms with Gasteiger partial charge in [-0.2, -0.15) is 5.10 Å². The zero-order valence-electron chi connectivity index (χ0n) is 17.5. The van der Waals surface area contributed by atoms with Crippen LogP contribution in [0.3, 0.4) is 0 Å². The Bertz CT molecular complexity index is 1060. The molecule has 0 radical (unpaired) electrons. The molecule has 3 aromatic heterocycles. The predicted molar refractivity (Wildman–Crippen MR) is 123 cm³/mol. The Hall–Kier alpha value is -2.32. The van der Waals surface area contributed by atoms with Crippen LogP contribution in [0.15, 0.2) is 24.5 Å². The Morgan fingerprint density at radius 3 is 2.74 bits per heavy atom. The van der Waals surface area contributed by atoms with E-state index in [1.807, 2.05) is 24.0 Å². The van der Waals surface area contributed by atoms with Crippen LogP contribution in [0.4, 0.5) is 5.82 Å². The summed E-state index contributed by atoms with van der Waals surface area (Å²) in [6.07, 6.45) is 7.63. The summed E-state index contributed by atoms with van der Waals surface area (Å²) in [4.78, 5) is 30.0. The van der Waals surface area contributed by atoms with E-state index in [2.05, 4.69) is 20.0 Å². The van der Waals surface area contributed by atoms with E-state index >= 15 is 0 Å². The molecule has 166 valence electrons. The summed E-state index contributed by atoms with van der Waals surface area (Å²) < 4.78 is 1.78. The molecule has 1 N–H and O–H groups in total. The molecular weight excluding hydrogens is 437 g/mol. The van der Waals surface area contributed by atoms with Crippen molar-refractivity contribution in [1.29, 1.82) is 0 Å². The van der Waals surface area contributed by atoms with Gasteiger partial charge in [-0.15, -0.1) is 12.4 Å². The van der Waals surface area contributed by atoms with Crippen molar-refractivity contribution in [1.82, 2.24) is 29.6 Å². The fourth-order valence-electron chi connectivity index (χ4n) is 4.51. The average molecular weight is 464 g/mol. The fraction of sp³-hybridized carbons (Fsp3) is 0.524. The number of aromatic nitrogens is 5. The molecule has 0 unspecified atom stereocenters. The lowest BCUT2D eigenvalue weighted by atomic mass is 9.96. The third kappa shape index (κ3) is 4.36. The summed E-state index contributed by atoms with van der Waals surface area (Å²) in [5, 5.41) is 4.87. The topological polar surface area (TPSA) is 82.9 Å². The van der Waals surface area contributed by atoms with Gasteiger partial charge in [0.1, 0.15) is 23.2 Å². The van der Waals surface area contributed by atoms with Crippen LogP contribution in [-0.2, 0) is 4.79 Å². The highest BCUT2D eigenvalue weighted by Crippen LogP contribution is 2.26. The first kappa shape index (κ1) is 21.9. The number of carbonyl (C=O) groups excluding carboxylic acids is 1. The minimum atomic E-state index is -0.0763. The van der Waals surface area contributed by atoms with Crippen molar-refractivity contribution < 1.29 is 4.79 Å². The molecule has 2 atom stereocenters. The number of anilines is 1. The van der Waals surface area contributed by atoms with E-state index < -0.39 is 0 Å². The summed E-state index contributed by atoms with van der Waals surface area (Å²) in [5.41, 5.74) is 1.57. The third-order valence-electron chi connectivity index (χ3n) is 6.22. The highest BCUT2D eigenvalue weighted by Gasteiger charge is 2.31. The van der Waals surface area contributed by atoms with Crippen molar-refractivity contribution in [2.45, 2.75) is 38.6 Å². The number of nitrogens with zero attached hydrogens (tertiary/aromatic N) is 6. The van der Waals surface area contributed by atoms with E-state index in [4.69, 9.17) is 16.6 Å². The van der Waals surface area contributed by atoms with Gasteiger partial charge in [-0.25, -0.2) is 9.97 Å². The van der Waals surface area contributed by atoms with Gasteiger partial charge in [0.25, 0.3) is 0 Å². The first-order chi connectivity index (χ1) is 14.6. The summed E-state index contributed by atoms with van der Waals surface area (Å²) in [6, 6.07) is 3.92. The lowest BCUT2D eigenvalue weighted by Gasteiger charge is -2.34. The molecule has 2 fully saturated rings. The molecule has 2 aliphatic heterocycles. The van der Waals surface area contributed by atoms with E-state index in [0.29, 0.717) is 10.9 Å². The number of hydrogen-bond donors (Lipinski definition) is 1. The molecule has 1 amide bonds. The first-order valence-corrected chi connectivity index (χ1v) is 11.1. The van der Waals surface area contributed by atoms with Gasteiger partial charge in [0.15, 0.2) is 5.65 Å². The van der Waals surface area contributed by atoms with Crippen LogP contribution in [0.5, 0.6) is 0 Å². The maximum Gasteiger partial charge on any atom is 0.227 e. The first-order valence-electron chi connectivity index (χ1n) is 10.7. The minimum absolute atomic E-state index is 0. The molecule has 0 aliphatic carbocycles. The van der Waals surface area contributed by atoms with Gasteiger partial charge in [-0.3, -0.25) is 9.48 Å². The number of carbonyl (C=O) groups is 1. The summed E-state index contributed by atoms with van der Waals surface area (Å²) in [6.45, 7) is 5.50. The van der Waals surface area contributed by atoms with E-state index in [-0.39, 0.29) is 24.4 Å². The number of piperidine rings is 1. The molecule has 0 bridgehead atoms. The van der Waals surface area contributed by atoms with Gasteiger partial charge in [0, 0.05) is 32.4 Å². The standard InChI is InChI=1S/C21H26ClN7O.ClH/c1-14(29-13-16(22)11-23-29)19-24-17-6-7-18(25-20(17)26-19)28-10-4-5-15(12-28)21(30)27-8-2-3-9-27;/h6-7,11,13-15H,2-5,8-10,12H2,1H3,(H,24,25,26);1H/t14-,15+;/m0./s1. The lowest BCUT2D eigenvalue weighted by molar-refractivity contribution is -0.134. The van der Waals surface area contributed by atoms with Gasteiger partial charge in [0.2, 0.25) is 5.91 Å². The van der Waals surface area contributed by atoms with Gasteiger partial charge >= 0.3 is 0 Å². The number of nitrogens with one attached hydrogen (secondary N) is 1. The number of likely N-dealkylation sites (tertiary alicyclic amines) is 1. The molecule has 8 nitrogen and oxygen atoms in total. The van der Waals surface area contributed by atoms with Crippen molar-refractivity contribution in [3.8, 4) is 0 Å². The van der Waals surface area contributed by atoms with E-state index in [1.165, 1.54) is 0 Å². The maximum absolute atomic E-state index is 12.8. The van der Waals surface area contributed by atoms with Crippen LogP contribution in [0.2, 0.25) is 5.02 Å². The maximum atomic E-state index is 12.8. The number of rotatable bonds is 4. The second kappa shape index (κ2) is 9.04. The zero-order chi connectivity index (χ0) is 20.7. The van der Waals surface area contributed by atoms with E-state index in [0.717, 1.165) is 74.7 Å². The zero-order valence-corrected chi connectivity index (χ0v) is 19.1. The molecule has 0 spiro atoms. The van der Waals surface area contributed by atoms with Crippen LogP contribution < -0.4 is 4.90 Å². The Morgan fingerprint density at radius 2 is 2.00 bits per heavy atom. The number of aromatic amines is 1. The summed E-state index contributed by atoms with van der Waals surface area (Å²) in [7, 11) is 0. The minimum Gasteiger partial charge on any atom is -0.356 e. The summed E-state index contributed by atoms with van der Waals surface area (Å²) >= 11 is 5.99. The van der Waals surface area contributed by atoms with Crippen molar-refractivity contribution in [2.24, 2.45) is 5.92 Å². The fourth-order valence-corrected chi connectivity index (χ4v) is 4.65. The number of hydrogen-bond acceptors (Lipinski definition) is 5. The Balaban J connectivity index is 0.00000231. The number of amides is 1. The van der Waals surface area contributed by atoms with Gasteiger partial charge < -0.3 is 14.8 Å². The predicted octanol–water partition coefficient (Wildman–Crippen LogP) is 3.68. The van der Waals surface area contributed by atoms with Crippen molar-refractivity contribution in [2.75, 3.05) is 31.1 Å². The quantitative estimate of drug-likeness (QED) is 0.637. The van der Waals surface area contributed by atoms with Crippen LogP contribution in [0.25, 0.3) is 11.2 Å². The highest BCUT2D eigenvalue weighted by atomic mass is 35.5. The lowest BCUT2D eigenvalue weighted by Crippen LogP contribution is -2.44. The van der Waals surface area contributed by atoms with Gasteiger partial charge in [-0.1, -0.05) is 11.6 Å². The van der Waals surface area contributed by atoms with Crippen LogP contribution >= 0.6 is 24.0 Å². The number of imidazole rings is 1. The van der Waals surface area contributed by atoms with Crippen LogP contribution in [0.1, 0.15) is 44.5 Å². The SMILES string of the molecule is C[C@@H](c1nc2ccc(N3CCC[C@@H](C(=O)N4CCCC4)C3)nc2[nH]1)n1cc(Cl)cn1.Cl. The number of halogens is 2. The van der Waals surface area contributed by atoms with Crippen molar-refractivity contribution in [3.05, 3.63) is 35.4 Å².